The van der Waals surface area contributed by atoms with Crippen LogP contribution in [0.1, 0.15) is 17.3 Å². The van der Waals surface area contributed by atoms with Crippen LogP contribution < -0.4 is 15.5 Å². The molecule has 0 bridgehead atoms. The van der Waals surface area contributed by atoms with Crippen molar-refractivity contribution in [1.82, 2.24) is 10.2 Å². The van der Waals surface area contributed by atoms with E-state index in [9.17, 15) is 9.59 Å². The lowest BCUT2D eigenvalue weighted by molar-refractivity contribution is -0.129. The van der Waals surface area contributed by atoms with Gasteiger partial charge in [0.2, 0.25) is 5.91 Å². The Bertz CT molecular complexity index is 1190. The van der Waals surface area contributed by atoms with Gasteiger partial charge in [0.1, 0.15) is 0 Å². The predicted molar refractivity (Wildman–Crippen MR) is 134 cm³/mol. The molecular formula is C24H23ClN4O2S. The smallest absolute Gasteiger partial charge is 0.258 e. The zero-order valence-electron chi connectivity index (χ0n) is 17.6. The standard InChI is InChI=1S/C24H23ClN4O2S/c1-16(30)28-11-13-29(14-12-28)22-10-9-18(15-21(22)25)26-24(32)27-23(31)20-8-4-6-17-5-2-3-7-19(17)20/h2-10,15H,11-14H2,1H3,(H2,26,27,31,32). The zero-order chi connectivity index (χ0) is 22.7. The largest absolute Gasteiger partial charge is 0.367 e. The van der Waals surface area contributed by atoms with Crippen LogP contribution in [0.4, 0.5) is 11.4 Å². The van der Waals surface area contributed by atoms with Crippen LogP contribution in [0.3, 0.4) is 0 Å². The molecule has 2 N–H and O–H groups in total. The quantitative estimate of drug-likeness (QED) is 0.564. The monoisotopic (exact) mass is 466 g/mol. The molecule has 32 heavy (non-hydrogen) atoms. The summed E-state index contributed by atoms with van der Waals surface area (Å²) in [5.74, 6) is -0.181. The molecule has 3 aromatic rings. The molecule has 0 aromatic heterocycles. The Hall–Kier alpha value is -3.16. The van der Waals surface area contributed by atoms with Gasteiger partial charge in [-0.2, -0.15) is 0 Å². The summed E-state index contributed by atoms with van der Waals surface area (Å²) in [5, 5.41) is 8.40. The highest BCUT2D eigenvalue weighted by molar-refractivity contribution is 7.80. The Morgan fingerprint density at radius 2 is 1.69 bits per heavy atom. The lowest BCUT2D eigenvalue weighted by Crippen LogP contribution is -2.48. The third kappa shape index (κ3) is 4.84. The lowest BCUT2D eigenvalue weighted by Gasteiger charge is -2.36. The van der Waals surface area contributed by atoms with Gasteiger partial charge in [-0.1, -0.05) is 48.0 Å². The van der Waals surface area contributed by atoms with Gasteiger partial charge in [0.05, 0.1) is 10.7 Å². The second kappa shape index (κ2) is 9.54. The van der Waals surface area contributed by atoms with Crippen LogP contribution in [0, 0.1) is 0 Å². The van der Waals surface area contributed by atoms with Crippen molar-refractivity contribution in [2.75, 3.05) is 36.4 Å². The van der Waals surface area contributed by atoms with E-state index in [1.807, 2.05) is 53.4 Å². The Morgan fingerprint density at radius 1 is 0.969 bits per heavy atom. The minimum absolute atomic E-state index is 0.0920. The molecule has 0 saturated carbocycles. The number of benzene rings is 3. The van der Waals surface area contributed by atoms with Crippen molar-refractivity contribution in [1.29, 1.82) is 0 Å². The normalized spacial score (nSPS) is 13.7. The van der Waals surface area contributed by atoms with Gasteiger partial charge >= 0.3 is 0 Å². The number of nitrogens with one attached hydrogen (secondary N) is 2. The molecule has 1 saturated heterocycles. The predicted octanol–water partition coefficient (Wildman–Crippen LogP) is 4.29. The molecule has 0 radical (unpaired) electrons. The number of hydrogen-bond donors (Lipinski definition) is 2. The van der Waals surface area contributed by atoms with Gasteiger partial charge in [-0.15, -0.1) is 0 Å². The van der Waals surface area contributed by atoms with Crippen molar-refractivity contribution < 1.29 is 9.59 Å². The summed E-state index contributed by atoms with van der Waals surface area (Å²) in [6.07, 6.45) is 0. The first-order valence-corrected chi connectivity index (χ1v) is 11.1. The Labute approximate surface area is 197 Å². The second-order valence-corrected chi connectivity index (χ2v) is 8.41. The second-order valence-electron chi connectivity index (χ2n) is 7.59. The van der Waals surface area contributed by atoms with Crippen LogP contribution >= 0.6 is 23.8 Å². The summed E-state index contributed by atoms with van der Waals surface area (Å²) in [7, 11) is 0. The summed E-state index contributed by atoms with van der Waals surface area (Å²) in [4.78, 5) is 28.3. The highest BCUT2D eigenvalue weighted by Crippen LogP contribution is 2.29. The number of amides is 2. The van der Waals surface area contributed by atoms with E-state index in [0.29, 0.717) is 29.4 Å². The van der Waals surface area contributed by atoms with Gasteiger partial charge in [0.25, 0.3) is 5.91 Å². The molecule has 0 spiro atoms. The van der Waals surface area contributed by atoms with Gasteiger partial charge in [0, 0.05) is 44.4 Å². The molecule has 1 fully saturated rings. The van der Waals surface area contributed by atoms with Gasteiger partial charge in [0.15, 0.2) is 5.11 Å². The van der Waals surface area contributed by atoms with E-state index in [0.717, 1.165) is 29.5 Å². The van der Waals surface area contributed by atoms with Crippen molar-refractivity contribution in [3.05, 3.63) is 71.2 Å². The molecule has 6 nitrogen and oxygen atoms in total. The number of carbonyl (C=O) groups excluding carboxylic acids is 2. The molecular weight excluding hydrogens is 444 g/mol. The molecule has 0 atom stereocenters. The van der Waals surface area contributed by atoms with E-state index >= 15 is 0 Å². The molecule has 164 valence electrons. The number of carbonyl (C=O) groups is 2. The van der Waals surface area contributed by atoms with Crippen molar-refractivity contribution >= 4 is 62.9 Å². The Morgan fingerprint density at radius 3 is 2.41 bits per heavy atom. The fraction of sp³-hybridized carbons (Fsp3) is 0.208. The van der Waals surface area contributed by atoms with Crippen LogP contribution in [0.2, 0.25) is 5.02 Å². The number of halogens is 1. The molecule has 0 aliphatic carbocycles. The molecule has 8 heteroatoms. The van der Waals surface area contributed by atoms with Gasteiger partial charge in [-0.25, -0.2) is 0 Å². The van der Waals surface area contributed by atoms with Gasteiger partial charge < -0.3 is 15.1 Å². The zero-order valence-corrected chi connectivity index (χ0v) is 19.2. The summed E-state index contributed by atoms with van der Waals surface area (Å²) in [5.41, 5.74) is 2.15. The first kappa shape index (κ1) is 22.0. The van der Waals surface area contributed by atoms with E-state index < -0.39 is 0 Å². The highest BCUT2D eigenvalue weighted by atomic mass is 35.5. The van der Waals surface area contributed by atoms with Crippen LogP contribution in [-0.4, -0.2) is 48.0 Å². The van der Waals surface area contributed by atoms with E-state index in [2.05, 4.69) is 15.5 Å². The first-order chi connectivity index (χ1) is 15.4. The minimum atomic E-state index is -0.273. The number of anilines is 2. The number of hydrogen-bond acceptors (Lipinski definition) is 4. The summed E-state index contributed by atoms with van der Waals surface area (Å²) in [6.45, 7) is 4.40. The average Bonchev–Trinajstić information content (AvgIpc) is 2.78. The van der Waals surface area contributed by atoms with Crippen LogP contribution in [-0.2, 0) is 4.79 Å². The third-order valence-corrected chi connectivity index (χ3v) is 6.04. The fourth-order valence-corrected chi connectivity index (χ4v) is 4.37. The molecule has 1 aliphatic heterocycles. The molecule has 1 aliphatic rings. The number of rotatable bonds is 3. The lowest BCUT2D eigenvalue weighted by atomic mass is 10.0. The average molecular weight is 467 g/mol. The van der Waals surface area contributed by atoms with E-state index in [4.69, 9.17) is 23.8 Å². The topological polar surface area (TPSA) is 64.7 Å². The Balaban J connectivity index is 1.40. The van der Waals surface area contributed by atoms with Crippen molar-refractivity contribution in [3.63, 3.8) is 0 Å². The summed E-state index contributed by atoms with van der Waals surface area (Å²) < 4.78 is 0. The minimum Gasteiger partial charge on any atom is -0.367 e. The van der Waals surface area contributed by atoms with Crippen LogP contribution in [0.15, 0.2) is 60.7 Å². The summed E-state index contributed by atoms with van der Waals surface area (Å²) in [6, 6.07) is 18.9. The maximum Gasteiger partial charge on any atom is 0.258 e. The number of nitrogens with zero attached hydrogens (tertiary/aromatic N) is 2. The number of piperazine rings is 1. The highest BCUT2D eigenvalue weighted by Gasteiger charge is 2.20. The van der Waals surface area contributed by atoms with E-state index in [1.165, 1.54) is 0 Å². The van der Waals surface area contributed by atoms with E-state index in [-0.39, 0.29) is 16.9 Å². The number of thiocarbonyl (C=S) groups is 1. The van der Waals surface area contributed by atoms with Crippen LogP contribution in [0.5, 0.6) is 0 Å². The van der Waals surface area contributed by atoms with Gasteiger partial charge in [-0.3, -0.25) is 14.9 Å². The van der Waals surface area contributed by atoms with Crippen molar-refractivity contribution in [3.8, 4) is 0 Å². The first-order valence-electron chi connectivity index (χ1n) is 10.3. The molecule has 0 unspecified atom stereocenters. The maximum atomic E-state index is 12.8. The van der Waals surface area contributed by atoms with Crippen molar-refractivity contribution in [2.45, 2.75) is 6.92 Å². The molecule has 2 amide bonds. The fourth-order valence-electron chi connectivity index (χ4n) is 3.86. The van der Waals surface area contributed by atoms with Crippen molar-refractivity contribution in [2.24, 2.45) is 0 Å². The van der Waals surface area contributed by atoms with E-state index in [1.54, 1.807) is 19.1 Å². The third-order valence-electron chi connectivity index (χ3n) is 5.53. The molecule has 3 aromatic carbocycles. The van der Waals surface area contributed by atoms with Crippen LogP contribution in [0.25, 0.3) is 10.8 Å². The Kier molecular flexibility index (Phi) is 6.58. The molecule has 4 rings (SSSR count). The number of fused-ring (bicyclic) bond motifs is 1. The SMILES string of the molecule is CC(=O)N1CCN(c2ccc(NC(=S)NC(=O)c3cccc4ccccc34)cc2Cl)CC1. The maximum absolute atomic E-state index is 12.8. The summed E-state index contributed by atoms with van der Waals surface area (Å²) >= 11 is 11.9. The van der Waals surface area contributed by atoms with Gasteiger partial charge in [-0.05, 0) is 47.3 Å². The molecule has 1 heterocycles.